The Bertz CT molecular complexity index is 869. The van der Waals surface area contributed by atoms with Crippen LogP contribution in [-0.4, -0.2) is 24.9 Å². The van der Waals surface area contributed by atoms with Crippen LogP contribution in [0.25, 0.3) is 0 Å². The lowest BCUT2D eigenvalue weighted by molar-refractivity contribution is -0.137. The average molecular weight is 382 g/mol. The SMILES string of the molecule is Cc1cc(C)c(S(=O)(=O)C(NCc2ccc(Cl)cc2)C(=O)O)c(C)c1. The predicted octanol–water partition coefficient (Wildman–Crippen LogP) is 3.24. The van der Waals surface area contributed by atoms with Gasteiger partial charge in [-0.05, 0) is 49.6 Å². The zero-order valence-electron chi connectivity index (χ0n) is 14.2. The van der Waals surface area contributed by atoms with E-state index in [-0.39, 0.29) is 11.4 Å². The number of hydrogen-bond acceptors (Lipinski definition) is 4. The number of benzene rings is 2. The summed E-state index contributed by atoms with van der Waals surface area (Å²) in [6.07, 6.45) is 0. The molecule has 2 aromatic carbocycles. The van der Waals surface area contributed by atoms with Crippen LogP contribution in [0.3, 0.4) is 0 Å². The van der Waals surface area contributed by atoms with Crippen LogP contribution < -0.4 is 5.32 Å². The first-order chi connectivity index (χ1) is 11.6. The van der Waals surface area contributed by atoms with Gasteiger partial charge >= 0.3 is 5.97 Å². The molecule has 0 radical (unpaired) electrons. The summed E-state index contributed by atoms with van der Waals surface area (Å²) in [6.45, 7) is 5.30. The van der Waals surface area contributed by atoms with E-state index in [1.165, 1.54) is 0 Å². The Morgan fingerprint density at radius 1 is 1.12 bits per heavy atom. The van der Waals surface area contributed by atoms with Crippen molar-refractivity contribution in [3.8, 4) is 0 Å². The zero-order valence-corrected chi connectivity index (χ0v) is 15.8. The summed E-state index contributed by atoms with van der Waals surface area (Å²) in [5, 5.41) is 10.9. The second-order valence-corrected chi connectivity index (χ2v) is 8.40. The maximum absolute atomic E-state index is 12.9. The Balaban J connectivity index is 2.36. The molecule has 2 aromatic rings. The van der Waals surface area contributed by atoms with Gasteiger partial charge in [-0.2, -0.15) is 0 Å². The minimum absolute atomic E-state index is 0.0640. The van der Waals surface area contributed by atoms with Gasteiger partial charge < -0.3 is 5.11 Å². The molecule has 5 nitrogen and oxygen atoms in total. The number of sulfone groups is 1. The molecule has 0 aliphatic rings. The van der Waals surface area contributed by atoms with Crippen LogP contribution in [0.5, 0.6) is 0 Å². The fourth-order valence-electron chi connectivity index (χ4n) is 2.88. The second-order valence-electron chi connectivity index (χ2n) is 6.00. The van der Waals surface area contributed by atoms with E-state index in [2.05, 4.69) is 5.32 Å². The highest BCUT2D eigenvalue weighted by atomic mass is 35.5. The summed E-state index contributed by atoms with van der Waals surface area (Å²) in [5.41, 5.74) is 2.74. The van der Waals surface area contributed by atoms with E-state index in [9.17, 15) is 18.3 Å². The first-order valence-electron chi connectivity index (χ1n) is 7.65. The highest BCUT2D eigenvalue weighted by Crippen LogP contribution is 2.25. The van der Waals surface area contributed by atoms with Crippen molar-refractivity contribution in [2.24, 2.45) is 0 Å². The predicted molar refractivity (Wildman–Crippen MR) is 97.6 cm³/mol. The van der Waals surface area contributed by atoms with E-state index >= 15 is 0 Å². The molecule has 0 bridgehead atoms. The third-order valence-corrected chi connectivity index (χ3v) is 6.28. The molecule has 0 aliphatic heterocycles. The highest BCUT2D eigenvalue weighted by molar-refractivity contribution is 7.92. The molecule has 0 aliphatic carbocycles. The van der Waals surface area contributed by atoms with Crippen molar-refractivity contribution in [1.29, 1.82) is 0 Å². The standard InChI is InChI=1S/C18H20ClNO4S/c1-11-8-12(2)16(13(3)9-11)25(23,24)17(18(21)22)20-10-14-4-6-15(19)7-5-14/h4-9,17,20H,10H2,1-3H3,(H,21,22). The fourth-order valence-corrected chi connectivity index (χ4v) is 4.82. The van der Waals surface area contributed by atoms with E-state index in [4.69, 9.17) is 11.6 Å². The van der Waals surface area contributed by atoms with Crippen molar-refractivity contribution in [1.82, 2.24) is 5.32 Å². The Labute approximate surface area is 152 Å². The van der Waals surface area contributed by atoms with Gasteiger partial charge in [-0.15, -0.1) is 0 Å². The number of rotatable bonds is 6. The molecule has 1 atom stereocenters. The van der Waals surface area contributed by atoms with Crippen molar-refractivity contribution in [2.75, 3.05) is 0 Å². The zero-order chi connectivity index (χ0) is 18.8. The first-order valence-corrected chi connectivity index (χ1v) is 9.57. The number of carboxylic acid groups (broad SMARTS) is 1. The summed E-state index contributed by atoms with van der Waals surface area (Å²) >= 11 is 5.81. The quantitative estimate of drug-likeness (QED) is 0.802. The van der Waals surface area contributed by atoms with Gasteiger partial charge in [0.25, 0.3) is 0 Å². The average Bonchev–Trinajstić information content (AvgIpc) is 2.47. The van der Waals surface area contributed by atoms with Crippen LogP contribution in [0.4, 0.5) is 0 Å². The molecule has 0 spiro atoms. The summed E-state index contributed by atoms with van der Waals surface area (Å²) < 4.78 is 25.9. The molecule has 0 amide bonds. The lowest BCUT2D eigenvalue weighted by Gasteiger charge is -2.19. The summed E-state index contributed by atoms with van der Waals surface area (Å²) in [7, 11) is -4.09. The minimum Gasteiger partial charge on any atom is -0.479 e. The van der Waals surface area contributed by atoms with Gasteiger partial charge in [-0.1, -0.05) is 41.4 Å². The topological polar surface area (TPSA) is 83.5 Å². The van der Waals surface area contributed by atoms with E-state index in [1.807, 2.05) is 6.92 Å². The minimum atomic E-state index is -4.09. The lowest BCUT2D eigenvalue weighted by Crippen LogP contribution is -2.43. The largest absolute Gasteiger partial charge is 0.479 e. The first kappa shape index (κ1) is 19.4. The highest BCUT2D eigenvalue weighted by Gasteiger charge is 2.35. The van der Waals surface area contributed by atoms with Gasteiger partial charge in [-0.3, -0.25) is 5.32 Å². The van der Waals surface area contributed by atoms with Crippen LogP contribution in [0.2, 0.25) is 5.02 Å². The monoisotopic (exact) mass is 381 g/mol. The van der Waals surface area contributed by atoms with E-state index in [0.717, 1.165) is 11.1 Å². The molecular formula is C18H20ClNO4S. The van der Waals surface area contributed by atoms with Crippen LogP contribution >= 0.6 is 11.6 Å². The van der Waals surface area contributed by atoms with Crippen LogP contribution in [-0.2, 0) is 21.2 Å². The number of aliphatic carboxylic acids is 1. The number of hydrogen-bond donors (Lipinski definition) is 2. The summed E-state index contributed by atoms with van der Waals surface area (Å²) in [6, 6.07) is 10.2. The third kappa shape index (κ3) is 4.39. The molecule has 0 saturated heterocycles. The van der Waals surface area contributed by atoms with Crippen molar-refractivity contribution in [3.63, 3.8) is 0 Å². The Morgan fingerprint density at radius 3 is 2.12 bits per heavy atom. The Hall–Kier alpha value is -1.89. The molecule has 134 valence electrons. The van der Waals surface area contributed by atoms with Gasteiger partial charge in [0.1, 0.15) is 0 Å². The van der Waals surface area contributed by atoms with Gasteiger partial charge in [-0.25, -0.2) is 13.2 Å². The fraction of sp³-hybridized carbons (Fsp3) is 0.278. The smallest absolute Gasteiger partial charge is 0.336 e. The van der Waals surface area contributed by atoms with Gasteiger partial charge in [0.2, 0.25) is 15.2 Å². The number of halogens is 1. The van der Waals surface area contributed by atoms with Crippen LogP contribution in [0, 0.1) is 20.8 Å². The molecule has 0 aromatic heterocycles. The van der Waals surface area contributed by atoms with Crippen molar-refractivity contribution in [2.45, 2.75) is 37.6 Å². The molecule has 2 rings (SSSR count). The molecule has 0 heterocycles. The van der Waals surface area contributed by atoms with Crippen molar-refractivity contribution in [3.05, 3.63) is 63.7 Å². The van der Waals surface area contributed by atoms with E-state index < -0.39 is 21.2 Å². The third-order valence-electron chi connectivity index (χ3n) is 3.83. The Kier molecular flexibility index (Phi) is 5.87. The lowest BCUT2D eigenvalue weighted by atomic mass is 10.1. The van der Waals surface area contributed by atoms with Gasteiger partial charge in [0.05, 0.1) is 4.90 Å². The van der Waals surface area contributed by atoms with E-state index in [1.54, 1.807) is 50.2 Å². The second kappa shape index (κ2) is 7.56. The maximum atomic E-state index is 12.9. The van der Waals surface area contributed by atoms with Gasteiger partial charge in [0, 0.05) is 11.6 Å². The molecular weight excluding hydrogens is 362 g/mol. The molecule has 2 N–H and O–H groups in total. The molecule has 25 heavy (non-hydrogen) atoms. The molecule has 0 saturated carbocycles. The number of carboxylic acids is 1. The number of nitrogens with one attached hydrogen (secondary N) is 1. The molecule has 1 unspecified atom stereocenters. The normalized spacial score (nSPS) is 12.8. The number of aryl methyl sites for hydroxylation is 3. The molecule has 0 fully saturated rings. The van der Waals surface area contributed by atoms with Crippen molar-refractivity contribution >= 4 is 27.4 Å². The van der Waals surface area contributed by atoms with Crippen LogP contribution in [0.1, 0.15) is 22.3 Å². The summed E-state index contributed by atoms with van der Waals surface area (Å²) in [5.74, 6) is -1.44. The Morgan fingerprint density at radius 2 is 1.64 bits per heavy atom. The number of carbonyl (C=O) groups is 1. The van der Waals surface area contributed by atoms with Crippen molar-refractivity contribution < 1.29 is 18.3 Å². The van der Waals surface area contributed by atoms with E-state index in [0.29, 0.717) is 16.1 Å². The van der Waals surface area contributed by atoms with Crippen LogP contribution in [0.15, 0.2) is 41.3 Å². The van der Waals surface area contributed by atoms with Gasteiger partial charge in [0.15, 0.2) is 0 Å². The summed E-state index contributed by atoms with van der Waals surface area (Å²) in [4.78, 5) is 11.7. The maximum Gasteiger partial charge on any atom is 0.336 e. The molecule has 7 heteroatoms.